The van der Waals surface area contributed by atoms with E-state index in [0.29, 0.717) is 24.2 Å². The zero-order valence-electron chi connectivity index (χ0n) is 20.1. The second-order valence-corrected chi connectivity index (χ2v) is 8.58. The maximum absolute atomic E-state index is 10.7. The van der Waals surface area contributed by atoms with E-state index in [0.717, 1.165) is 42.7 Å². The van der Waals surface area contributed by atoms with E-state index in [4.69, 9.17) is 14.7 Å². The van der Waals surface area contributed by atoms with Gasteiger partial charge in [0.25, 0.3) is 0 Å². The third-order valence-electron chi connectivity index (χ3n) is 5.91. The summed E-state index contributed by atoms with van der Waals surface area (Å²) in [5.74, 6) is 1.44. The number of carbonyl (C=O) groups excluding carboxylic acids is 1. The van der Waals surface area contributed by atoms with Gasteiger partial charge < -0.3 is 14.6 Å². The number of rotatable bonds is 15. The molecule has 3 rings (SSSR count). The van der Waals surface area contributed by atoms with Gasteiger partial charge in [0, 0.05) is 6.07 Å². The SMILES string of the molecule is N#Cc1ccc(-c2ccc(OCCCCCCCCCCOc3ccc(C=O)c(O)c3)cc2)cc1. The van der Waals surface area contributed by atoms with Gasteiger partial charge in [0.1, 0.15) is 17.2 Å². The molecule has 0 fully saturated rings. The van der Waals surface area contributed by atoms with Crippen molar-refractivity contribution in [2.24, 2.45) is 0 Å². The van der Waals surface area contributed by atoms with Crippen LogP contribution >= 0.6 is 0 Å². The van der Waals surface area contributed by atoms with Crippen molar-refractivity contribution in [2.45, 2.75) is 51.4 Å². The van der Waals surface area contributed by atoms with E-state index in [1.807, 2.05) is 36.4 Å². The molecule has 3 aromatic carbocycles. The van der Waals surface area contributed by atoms with Crippen LogP contribution < -0.4 is 9.47 Å². The van der Waals surface area contributed by atoms with Crippen molar-refractivity contribution in [3.8, 4) is 34.4 Å². The Balaban J connectivity index is 1.17. The van der Waals surface area contributed by atoms with Crippen LogP contribution in [0.3, 0.4) is 0 Å². The first-order valence-electron chi connectivity index (χ1n) is 12.3. The molecule has 0 amide bonds. The fourth-order valence-corrected chi connectivity index (χ4v) is 3.84. The van der Waals surface area contributed by atoms with Gasteiger partial charge in [0.05, 0.1) is 30.4 Å². The molecule has 0 aliphatic heterocycles. The molecule has 35 heavy (non-hydrogen) atoms. The molecule has 0 aliphatic carbocycles. The highest BCUT2D eigenvalue weighted by Crippen LogP contribution is 2.24. The largest absolute Gasteiger partial charge is 0.507 e. The zero-order valence-corrected chi connectivity index (χ0v) is 20.1. The van der Waals surface area contributed by atoms with Crippen LogP contribution in [-0.2, 0) is 0 Å². The van der Waals surface area contributed by atoms with Crippen LogP contribution in [0.25, 0.3) is 11.1 Å². The maximum atomic E-state index is 10.7. The molecule has 0 saturated heterocycles. The number of aldehydes is 1. The Kier molecular flexibility index (Phi) is 10.7. The number of nitriles is 1. The summed E-state index contributed by atoms with van der Waals surface area (Å²) in [6.45, 7) is 1.35. The molecular weight excluding hydrogens is 438 g/mol. The lowest BCUT2D eigenvalue weighted by molar-refractivity contribution is 0.112. The summed E-state index contributed by atoms with van der Waals surface area (Å²) in [4.78, 5) is 10.7. The monoisotopic (exact) mass is 471 g/mol. The predicted octanol–water partition coefficient (Wildman–Crippen LogP) is 7.32. The van der Waals surface area contributed by atoms with Crippen LogP contribution in [-0.4, -0.2) is 24.6 Å². The van der Waals surface area contributed by atoms with Crippen molar-refractivity contribution in [1.29, 1.82) is 5.26 Å². The molecule has 0 atom stereocenters. The molecule has 182 valence electrons. The number of hydrogen-bond acceptors (Lipinski definition) is 5. The molecule has 1 N–H and O–H groups in total. The van der Waals surface area contributed by atoms with Crippen LogP contribution in [0.15, 0.2) is 66.7 Å². The van der Waals surface area contributed by atoms with Gasteiger partial charge in [-0.25, -0.2) is 0 Å². The summed E-state index contributed by atoms with van der Waals surface area (Å²) < 4.78 is 11.5. The first kappa shape index (κ1) is 25.8. The Morgan fingerprint density at radius 2 is 1.17 bits per heavy atom. The van der Waals surface area contributed by atoms with Gasteiger partial charge in [0.15, 0.2) is 6.29 Å². The van der Waals surface area contributed by atoms with Gasteiger partial charge in [0.2, 0.25) is 0 Å². The Hall–Kier alpha value is -3.78. The first-order valence-corrected chi connectivity index (χ1v) is 12.3. The van der Waals surface area contributed by atoms with E-state index in [1.165, 1.54) is 38.2 Å². The summed E-state index contributed by atoms with van der Waals surface area (Å²) in [7, 11) is 0. The van der Waals surface area contributed by atoms with Gasteiger partial charge in [-0.15, -0.1) is 0 Å². The normalized spacial score (nSPS) is 10.5. The Morgan fingerprint density at radius 3 is 1.69 bits per heavy atom. The molecule has 0 heterocycles. The minimum atomic E-state index is -0.0412. The molecule has 0 saturated carbocycles. The number of aromatic hydroxyl groups is 1. The Labute approximate surface area is 208 Å². The number of unbranched alkanes of at least 4 members (excludes halogenated alkanes) is 7. The lowest BCUT2D eigenvalue weighted by Crippen LogP contribution is -1.98. The number of nitrogens with zero attached hydrogens (tertiary/aromatic N) is 1. The standard InChI is InChI=1S/C30H33NO4/c31-22-24-9-11-25(12-10-24)26-13-16-28(17-14-26)34-19-7-5-3-1-2-4-6-8-20-35-29-18-15-27(23-32)30(33)21-29/h9-18,21,23,33H,1-8,19-20H2. The van der Waals surface area contributed by atoms with Crippen LogP contribution in [0, 0.1) is 11.3 Å². The zero-order chi connectivity index (χ0) is 24.7. The summed E-state index contributed by atoms with van der Waals surface area (Å²) in [5.41, 5.74) is 3.15. The van der Waals surface area contributed by atoms with Gasteiger partial charge in [-0.1, -0.05) is 62.8 Å². The molecule has 5 nitrogen and oxygen atoms in total. The van der Waals surface area contributed by atoms with Gasteiger partial charge in [-0.3, -0.25) is 4.79 Å². The highest BCUT2D eigenvalue weighted by Gasteiger charge is 2.03. The van der Waals surface area contributed by atoms with Crippen LogP contribution in [0.2, 0.25) is 0 Å². The van der Waals surface area contributed by atoms with Gasteiger partial charge >= 0.3 is 0 Å². The molecule has 0 aliphatic rings. The molecule has 0 spiro atoms. The van der Waals surface area contributed by atoms with E-state index < -0.39 is 0 Å². The molecule has 3 aromatic rings. The molecule has 0 unspecified atom stereocenters. The second-order valence-electron chi connectivity index (χ2n) is 8.58. The number of benzene rings is 3. The topological polar surface area (TPSA) is 79.5 Å². The number of ether oxygens (including phenoxy) is 2. The van der Waals surface area contributed by atoms with Gasteiger partial charge in [-0.05, 0) is 60.4 Å². The predicted molar refractivity (Wildman–Crippen MR) is 138 cm³/mol. The summed E-state index contributed by atoms with van der Waals surface area (Å²) in [5, 5.41) is 18.6. The first-order chi connectivity index (χ1) is 17.2. The fraction of sp³-hybridized carbons (Fsp3) is 0.333. The second kappa shape index (κ2) is 14.5. The number of carbonyl (C=O) groups is 1. The summed E-state index contributed by atoms with van der Waals surface area (Å²) in [6, 6.07) is 22.6. The van der Waals surface area contributed by atoms with Gasteiger partial charge in [-0.2, -0.15) is 5.26 Å². The quantitative estimate of drug-likeness (QED) is 0.185. The smallest absolute Gasteiger partial charge is 0.153 e. The minimum Gasteiger partial charge on any atom is -0.507 e. The van der Waals surface area contributed by atoms with Crippen molar-refractivity contribution in [2.75, 3.05) is 13.2 Å². The minimum absolute atomic E-state index is 0.0412. The van der Waals surface area contributed by atoms with Crippen molar-refractivity contribution in [3.05, 3.63) is 77.9 Å². The molecule has 5 heteroatoms. The summed E-state index contributed by atoms with van der Waals surface area (Å²) in [6.07, 6.45) is 9.85. The number of phenols is 1. The third-order valence-corrected chi connectivity index (χ3v) is 5.91. The molecule has 0 bridgehead atoms. The van der Waals surface area contributed by atoms with E-state index in [9.17, 15) is 9.90 Å². The Bertz CT molecular complexity index is 1080. The molecular formula is C30H33NO4. The molecule has 0 radical (unpaired) electrons. The van der Waals surface area contributed by atoms with Crippen molar-refractivity contribution in [1.82, 2.24) is 0 Å². The lowest BCUT2D eigenvalue weighted by Gasteiger charge is -2.08. The Morgan fingerprint density at radius 1 is 0.686 bits per heavy atom. The number of phenolic OH excluding ortho intramolecular Hbond substituents is 1. The van der Waals surface area contributed by atoms with E-state index in [1.54, 1.807) is 12.1 Å². The highest BCUT2D eigenvalue weighted by atomic mass is 16.5. The lowest BCUT2D eigenvalue weighted by atomic mass is 10.0. The van der Waals surface area contributed by atoms with E-state index in [2.05, 4.69) is 18.2 Å². The fourth-order valence-electron chi connectivity index (χ4n) is 3.84. The third kappa shape index (κ3) is 8.83. The number of hydrogen-bond donors (Lipinski definition) is 1. The van der Waals surface area contributed by atoms with Crippen LogP contribution in [0.4, 0.5) is 0 Å². The van der Waals surface area contributed by atoms with Crippen LogP contribution in [0.5, 0.6) is 17.2 Å². The van der Waals surface area contributed by atoms with Crippen molar-refractivity contribution < 1.29 is 19.4 Å². The van der Waals surface area contributed by atoms with Crippen molar-refractivity contribution in [3.63, 3.8) is 0 Å². The maximum Gasteiger partial charge on any atom is 0.153 e. The van der Waals surface area contributed by atoms with Crippen molar-refractivity contribution >= 4 is 6.29 Å². The highest BCUT2D eigenvalue weighted by molar-refractivity contribution is 5.79. The average Bonchev–Trinajstić information content (AvgIpc) is 2.90. The van der Waals surface area contributed by atoms with E-state index >= 15 is 0 Å². The molecule has 0 aromatic heterocycles. The van der Waals surface area contributed by atoms with Crippen LogP contribution in [0.1, 0.15) is 67.3 Å². The van der Waals surface area contributed by atoms with E-state index in [-0.39, 0.29) is 11.3 Å². The average molecular weight is 472 g/mol. The summed E-state index contributed by atoms with van der Waals surface area (Å²) >= 11 is 0.